The average molecular weight is 541 g/mol. The highest BCUT2D eigenvalue weighted by Crippen LogP contribution is 2.49. The average Bonchev–Trinajstić information content (AvgIpc) is 3.37. The number of halogens is 2. The van der Waals surface area contributed by atoms with Crippen LogP contribution in [0.1, 0.15) is 80.4 Å². The molecule has 4 aliphatic rings. The number of benzene rings is 2. The van der Waals surface area contributed by atoms with E-state index in [1.165, 1.54) is 37.7 Å². The van der Waals surface area contributed by atoms with Crippen molar-refractivity contribution in [1.82, 2.24) is 4.90 Å². The largest absolute Gasteiger partial charge is 1.00 e. The number of amides is 1. The van der Waals surface area contributed by atoms with E-state index in [4.69, 9.17) is 4.74 Å². The van der Waals surface area contributed by atoms with Gasteiger partial charge in [-0.15, -0.1) is 0 Å². The minimum atomic E-state index is -0.434. The molecule has 0 unspecified atom stereocenters. The molecular formula is C32H42ClFN2O2. The SMILES string of the molecule is COc1ccc(F)c2c1CCC[C@]21C[NH2+]C[C@H]1C(=O)N1CC[C@@H](c2ccccc2)C[C@H]1C1CCCCC1.[Cl-]. The molecule has 2 N–H and O–H groups in total. The van der Waals surface area contributed by atoms with Crippen LogP contribution in [-0.4, -0.2) is 43.6 Å². The van der Waals surface area contributed by atoms with Crippen LogP contribution < -0.4 is 22.5 Å². The Labute approximate surface area is 233 Å². The van der Waals surface area contributed by atoms with Crippen molar-refractivity contribution in [3.8, 4) is 5.75 Å². The van der Waals surface area contributed by atoms with Crippen molar-refractivity contribution >= 4 is 5.91 Å². The molecule has 0 aromatic heterocycles. The molecule has 6 rings (SSSR count). The van der Waals surface area contributed by atoms with Crippen LogP contribution in [0.25, 0.3) is 0 Å². The first-order valence-electron chi connectivity index (χ1n) is 14.7. The van der Waals surface area contributed by atoms with E-state index in [1.807, 2.05) is 0 Å². The van der Waals surface area contributed by atoms with Gasteiger partial charge in [0.25, 0.3) is 0 Å². The number of nitrogens with two attached hydrogens (primary N) is 1. The van der Waals surface area contributed by atoms with Crippen LogP contribution in [0.4, 0.5) is 4.39 Å². The van der Waals surface area contributed by atoms with E-state index in [0.29, 0.717) is 17.9 Å². The van der Waals surface area contributed by atoms with Crippen molar-refractivity contribution in [3.05, 3.63) is 65.0 Å². The van der Waals surface area contributed by atoms with Gasteiger partial charge in [-0.05, 0) is 74.5 Å². The predicted octanol–water partition coefficient (Wildman–Crippen LogP) is 1.96. The first kappa shape index (κ1) is 27.5. The second kappa shape index (κ2) is 11.6. The smallest absolute Gasteiger partial charge is 0.232 e. The quantitative estimate of drug-likeness (QED) is 0.644. The van der Waals surface area contributed by atoms with E-state index in [-0.39, 0.29) is 30.0 Å². The molecule has 2 saturated heterocycles. The molecule has 4 nitrogen and oxygen atoms in total. The van der Waals surface area contributed by atoms with Crippen molar-refractivity contribution in [2.75, 3.05) is 26.7 Å². The summed E-state index contributed by atoms with van der Waals surface area (Å²) in [5.74, 6) is 1.82. The molecule has 6 heteroatoms. The maximum atomic E-state index is 15.6. The highest BCUT2D eigenvalue weighted by molar-refractivity contribution is 5.82. The number of piperidine rings is 1. The number of nitrogens with zero attached hydrogens (tertiary/aromatic N) is 1. The Hall–Kier alpha value is -2.11. The number of fused-ring (bicyclic) bond motifs is 2. The highest BCUT2D eigenvalue weighted by Gasteiger charge is 2.56. The zero-order valence-electron chi connectivity index (χ0n) is 22.6. The molecule has 2 aromatic rings. The molecule has 0 radical (unpaired) electrons. The number of quaternary nitrogens is 1. The van der Waals surface area contributed by atoms with Crippen LogP contribution in [0, 0.1) is 17.7 Å². The molecule has 206 valence electrons. The van der Waals surface area contributed by atoms with E-state index in [9.17, 15) is 4.79 Å². The fraction of sp³-hybridized carbons (Fsp3) is 0.594. The maximum absolute atomic E-state index is 15.6. The fourth-order valence-electron chi connectivity index (χ4n) is 8.51. The van der Waals surface area contributed by atoms with Crippen LogP contribution in [0.3, 0.4) is 0 Å². The third kappa shape index (κ3) is 4.75. The van der Waals surface area contributed by atoms with Gasteiger partial charge in [0, 0.05) is 23.7 Å². The summed E-state index contributed by atoms with van der Waals surface area (Å²) in [4.78, 5) is 16.9. The number of likely N-dealkylation sites (tertiary alicyclic amines) is 1. The third-order valence-corrected chi connectivity index (χ3v) is 10.3. The molecule has 2 aliphatic carbocycles. The fourth-order valence-corrected chi connectivity index (χ4v) is 8.51. The van der Waals surface area contributed by atoms with Crippen molar-refractivity contribution in [2.24, 2.45) is 11.8 Å². The second-order valence-corrected chi connectivity index (χ2v) is 12.0. The summed E-state index contributed by atoms with van der Waals surface area (Å²) in [5.41, 5.74) is 2.75. The number of hydrogen-bond acceptors (Lipinski definition) is 2. The molecule has 1 amide bonds. The molecule has 2 aromatic carbocycles. The number of methoxy groups -OCH3 is 1. The lowest BCUT2D eigenvalue weighted by Crippen LogP contribution is -3.00. The number of hydrogen-bond donors (Lipinski definition) is 1. The minimum Gasteiger partial charge on any atom is -1.00 e. The lowest BCUT2D eigenvalue weighted by Gasteiger charge is -2.47. The Morgan fingerprint density at radius 1 is 1.05 bits per heavy atom. The van der Waals surface area contributed by atoms with Gasteiger partial charge in [0.15, 0.2) is 0 Å². The molecule has 0 bridgehead atoms. The van der Waals surface area contributed by atoms with Crippen molar-refractivity contribution < 1.29 is 31.6 Å². The van der Waals surface area contributed by atoms with E-state index in [0.717, 1.165) is 68.6 Å². The van der Waals surface area contributed by atoms with Gasteiger partial charge in [0.2, 0.25) is 5.91 Å². The highest BCUT2D eigenvalue weighted by atomic mass is 35.5. The monoisotopic (exact) mass is 540 g/mol. The van der Waals surface area contributed by atoms with Gasteiger partial charge in [0.1, 0.15) is 17.5 Å². The Bertz CT molecular complexity index is 1120. The van der Waals surface area contributed by atoms with Crippen LogP contribution >= 0.6 is 0 Å². The third-order valence-electron chi connectivity index (χ3n) is 10.3. The number of ether oxygens (including phenoxy) is 1. The van der Waals surface area contributed by atoms with E-state index < -0.39 is 5.41 Å². The molecule has 4 atom stereocenters. The topological polar surface area (TPSA) is 46.1 Å². The summed E-state index contributed by atoms with van der Waals surface area (Å²) in [7, 11) is 1.67. The van der Waals surface area contributed by atoms with E-state index in [2.05, 4.69) is 40.5 Å². The summed E-state index contributed by atoms with van der Waals surface area (Å²) in [5, 5.41) is 2.27. The molecule has 1 spiro atoms. The molecule has 2 heterocycles. The molecular weight excluding hydrogens is 499 g/mol. The minimum absolute atomic E-state index is 0. The number of carbonyl (C=O) groups excluding carboxylic acids is 1. The predicted molar refractivity (Wildman–Crippen MR) is 143 cm³/mol. The number of rotatable bonds is 4. The standard InChI is InChI=1S/C32H41FN2O2.ClH/c1-37-29-15-14-27(33)30-25(29)13-8-17-32(30)21-34-20-26(32)31(36)35-18-16-24(22-9-4-2-5-10-22)19-28(35)23-11-6-3-7-12-23;/h2,4-5,9-10,14-15,23-24,26,28,34H,3,6-8,11-13,16-21H2,1H3;1H/t24-,26+,28+,32-;/m1./s1. The first-order chi connectivity index (χ1) is 18.1. The van der Waals surface area contributed by atoms with Gasteiger partial charge in [-0.3, -0.25) is 4.79 Å². The van der Waals surface area contributed by atoms with Gasteiger partial charge in [0.05, 0.1) is 25.6 Å². The Morgan fingerprint density at radius 3 is 2.61 bits per heavy atom. The Balaban J connectivity index is 0.00000294. The molecule has 38 heavy (non-hydrogen) atoms. The molecule has 3 fully saturated rings. The summed E-state index contributed by atoms with van der Waals surface area (Å²) in [6.07, 6.45) is 11.1. The van der Waals surface area contributed by atoms with Gasteiger partial charge in [-0.1, -0.05) is 49.6 Å². The van der Waals surface area contributed by atoms with Crippen molar-refractivity contribution in [3.63, 3.8) is 0 Å². The van der Waals surface area contributed by atoms with Crippen LogP contribution in [0.2, 0.25) is 0 Å². The summed E-state index contributed by atoms with van der Waals surface area (Å²) in [6, 6.07) is 14.5. The van der Waals surface area contributed by atoms with E-state index in [1.54, 1.807) is 19.2 Å². The second-order valence-electron chi connectivity index (χ2n) is 12.0. The summed E-state index contributed by atoms with van der Waals surface area (Å²) >= 11 is 0. The lowest BCUT2D eigenvalue weighted by atomic mass is 9.63. The summed E-state index contributed by atoms with van der Waals surface area (Å²) in [6.45, 7) is 2.36. The van der Waals surface area contributed by atoms with Gasteiger partial charge < -0.3 is 27.4 Å². The Morgan fingerprint density at radius 2 is 1.84 bits per heavy atom. The molecule has 2 aliphatic heterocycles. The Kier molecular flexibility index (Phi) is 8.35. The lowest BCUT2D eigenvalue weighted by molar-refractivity contribution is -0.640. The van der Waals surface area contributed by atoms with Gasteiger partial charge >= 0.3 is 0 Å². The number of carbonyl (C=O) groups is 1. The van der Waals surface area contributed by atoms with Crippen molar-refractivity contribution in [2.45, 2.75) is 81.6 Å². The van der Waals surface area contributed by atoms with Crippen LogP contribution in [0.15, 0.2) is 42.5 Å². The van der Waals surface area contributed by atoms with E-state index >= 15 is 4.39 Å². The van der Waals surface area contributed by atoms with Gasteiger partial charge in [-0.2, -0.15) is 0 Å². The van der Waals surface area contributed by atoms with Crippen LogP contribution in [0.5, 0.6) is 5.75 Å². The molecule has 1 saturated carbocycles. The maximum Gasteiger partial charge on any atom is 0.232 e. The zero-order chi connectivity index (χ0) is 25.4. The van der Waals surface area contributed by atoms with Gasteiger partial charge in [-0.25, -0.2) is 4.39 Å². The zero-order valence-corrected chi connectivity index (χ0v) is 23.4. The van der Waals surface area contributed by atoms with Crippen LogP contribution in [-0.2, 0) is 16.6 Å². The summed E-state index contributed by atoms with van der Waals surface area (Å²) < 4.78 is 21.2. The van der Waals surface area contributed by atoms with Crippen molar-refractivity contribution in [1.29, 1.82) is 0 Å². The normalized spacial score (nSPS) is 29.5. The first-order valence-corrected chi connectivity index (χ1v) is 14.7.